The maximum Gasteiger partial charge on any atom is 0.306 e. The van der Waals surface area contributed by atoms with E-state index in [4.69, 9.17) is 10.5 Å². The second-order valence-electron chi connectivity index (χ2n) is 5.22. The average molecular weight is 311 g/mol. The molecule has 0 aliphatic carbocycles. The Balaban J connectivity index is 2.59. The van der Waals surface area contributed by atoms with Gasteiger partial charge in [0, 0.05) is 0 Å². The Hall–Kier alpha value is -1.95. The third-order valence-electron chi connectivity index (χ3n) is 3.45. The van der Waals surface area contributed by atoms with Crippen molar-refractivity contribution in [2.45, 2.75) is 32.2 Å². The first-order valence-electron chi connectivity index (χ1n) is 7.20. The smallest absolute Gasteiger partial charge is 0.306 e. The molecule has 2 atom stereocenters. The molecule has 0 unspecified atom stereocenters. The summed E-state index contributed by atoms with van der Waals surface area (Å²) in [5.41, 5.74) is 6.48. The fourth-order valence-electron chi connectivity index (χ4n) is 2.06. The third kappa shape index (κ3) is 6.22. The summed E-state index contributed by atoms with van der Waals surface area (Å²) in [6.45, 7) is 0.843. The number of carboxylic acids is 1. The molecule has 22 heavy (non-hydrogen) atoms. The number of rotatable bonds is 10. The Morgan fingerprint density at radius 1 is 1.27 bits per heavy atom. The van der Waals surface area contributed by atoms with Gasteiger partial charge in [-0.25, -0.2) is 4.39 Å². The van der Waals surface area contributed by atoms with Gasteiger partial charge in [-0.3, -0.25) is 9.59 Å². The molecular formula is C16H22FNO4. The Kier molecular flexibility index (Phi) is 7.52. The highest BCUT2D eigenvalue weighted by atomic mass is 19.1. The first-order chi connectivity index (χ1) is 10.4. The van der Waals surface area contributed by atoms with E-state index in [0.717, 1.165) is 5.56 Å². The number of hydrogen-bond donors (Lipinski definition) is 2. The second-order valence-corrected chi connectivity index (χ2v) is 5.22. The van der Waals surface area contributed by atoms with E-state index in [1.54, 1.807) is 24.3 Å². The average Bonchev–Trinajstić information content (AvgIpc) is 2.49. The predicted molar refractivity (Wildman–Crippen MR) is 80.6 cm³/mol. The highest BCUT2D eigenvalue weighted by molar-refractivity contribution is 5.81. The summed E-state index contributed by atoms with van der Waals surface area (Å²) >= 11 is 0. The van der Waals surface area contributed by atoms with E-state index in [1.165, 1.54) is 6.92 Å². The van der Waals surface area contributed by atoms with Crippen LogP contribution in [0.2, 0.25) is 0 Å². The quantitative estimate of drug-likeness (QED) is 0.689. The molecule has 3 N–H and O–H groups in total. The number of alkyl halides is 1. The van der Waals surface area contributed by atoms with Crippen LogP contribution in [0, 0.1) is 5.92 Å². The molecule has 6 heteroatoms. The molecule has 0 heterocycles. The van der Waals surface area contributed by atoms with Crippen LogP contribution >= 0.6 is 0 Å². The van der Waals surface area contributed by atoms with Crippen molar-refractivity contribution < 1.29 is 23.8 Å². The Labute approximate surface area is 129 Å². The van der Waals surface area contributed by atoms with Crippen molar-refractivity contribution >= 4 is 11.8 Å². The molecule has 0 radical (unpaired) electrons. The normalized spacial score (nSPS) is 13.4. The van der Waals surface area contributed by atoms with Gasteiger partial charge < -0.3 is 15.6 Å². The molecule has 0 bridgehead atoms. The second kappa shape index (κ2) is 9.15. The van der Waals surface area contributed by atoms with E-state index >= 15 is 0 Å². The van der Waals surface area contributed by atoms with E-state index in [9.17, 15) is 19.1 Å². The van der Waals surface area contributed by atoms with Gasteiger partial charge in [-0.2, -0.15) is 0 Å². The zero-order valence-electron chi connectivity index (χ0n) is 12.6. The lowest BCUT2D eigenvalue weighted by molar-refractivity contribution is -0.142. The van der Waals surface area contributed by atoms with Crippen molar-refractivity contribution in [3.63, 3.8) is 0 Å². The number of hydrogen-bond acceptors (Lipinski definition) is 4. The number of carbonyl (C=O) groups excluding carboxylic acids is 1. The van der Waals surface area contributed by atoms with E-state index in [1.807, 2.05) is 0 Å². The molecule has 0 fully saturated rings. The van der Waals surface area contributed by atoms with E-state index in [-0.39, 0.29) is 12.4 Å². The number of halogens is 1. The van der Waals surface area contributed by atoms with Gasteiger partial charge in [0.25, 0.3) is 0 Å². The molecule has 0 spiro atoms. The standard InChI is InChI=1S/C16H22FNO4/c1-11(19)15(18)7-4-13(16(20)21)10-12-2-5-14(6-3-12)22-9-8-17/h2-3,5-6,13,15H,4,7-10,18H2,1H3,(H,20,21)/t13-,15-/m0/s1. The Bertz CT molecular complexity index is 489. The lowest BCUT2D eigenvalue weighted by Crippen LogP contribution is -2.30. The fourth-order valence-corrected chi connectivity index (χ4v) is 2.06. The number of nitrogens with two attached hydrogens (primary N) is 1. The van der Waals surface area contributed by atoms with E-state index in [2.05, 4.69) is 0 Å². The van der Waals surface area contributed by atoms with Crippen LogP contribution in [0.25, 0.3) is 0 Å². The Morgan fingerprint density at radius 2 is 1.91 bits per heavy atom. The van der Waals surface area contributed by atoms with Gasteiger partial charge in [-0.1, -0.05) is 12.1 Å². The van der Waals surface area contributed by atoms with Crippen LogP contribution < -0.4 is 10.5 Å². The lowest BCUT2D eigenvalue weighted by atomic mass is 9.92. The molecule has 1 aromatic rings. The maximum atomic E-state index is 12.0. The maximum absolute atomic E-state index is 12.0. The topological polar surface area (TPSA) is 89.6 Å². The molecule has 5 nitrogen and oxygen atoms in total. The van der Waals surface area contributed by atoms with Crippen molar-refractivity contribution in [1.29, 1.82) is 0 Å². The van der Waals surface area contributed by atoms with E-state index in [0.29, 0.717) is 25.0 Å². The number of ketones is 1. The summed E-state index contributed by atoms with van der Waals surface area (Å²) in [5.74, 6) is -1.10. The molecule has 0 aromatic heterocycles. The molecule has 122 valence electrons. The van der Waals surface area contributed by atoms with Gasteiger partial charge >= 0.3 is 5.97 Å². The number of aliphatic carboxylic acids is 1. The number of carbonyl (C=O) groups is 2. The summed E-state index contributed by atoms with van der Waals surface area (Å²) in [7, 11) is 0. The van der Waals surface area contributed by atoms with Gasteiger partial charge in [-0.15, -0.1) is 0 Å². The summed E-state index contributed by atoms with van der Waals surface area (Å²) in [6.07, 6.45) is 1.05. The van der Waals surface area contributed by atoms with E-state index < -0.39 is 24.6 Å². The highest BCUT2D eigenvalue weighted by Gasteiger charge is 2.20. The minimum atomic E-state index is -0.909. The summed E-state index contributed by atoms with van der Waals surface area (Å²) in [6, 6.07) is 6.28. The van der Waals surface area contributed by atoms with Gasteiger partial charge in [0.1, 0.15) is 24.8 Å². The number of benzene rings is 1. The summed E-state index contributed by atoms with van der Waals surface area (Å²) < 4.78 is 17.1. The summed E-state index contributed by atoms with van der Waals surface area (Å²) in [4.78, 5) is 22.4. The fraction of sp³-hybridized carbons (Fsp3) is 0.500. The first-order valence-corrected chi connectivity index (χ1v) is 7.20. The predicted octanol–water partition coefficient (Wildman–Crippen LogP) is 1.97. The number of carboxylic acid groups (broad SMARTS) is 1. The highest BCUT2D eigenvalue weighted by Crippen LogP contribution is 2.19. The van der Waals surface area contributed by atoms with Gasteiger partial charge in [0.15, 0.2) is 0 Å². The van der Waals surface area contributed by atoms with Crippen LogP contribution in [0.4, 0.5) is 4.39 Å². The minimum absolute atomic E-state index is 0.0000321. The number of Topliss-reactive ketones (excluding diaryl/α,β-unsaturated/α-hetero) is 1. The molecule has 0 aliphatic heterocycles. The SMILES string of the molecule is CC(=O)[C@@H](N)CC[C@@H](Cc1ccc(OCCF)cc1)C(=O)O. The van der Waals surface area contributed by atoms with Crippen molar-refractivity contribution in [2.75, 3.05) is 13.3 Å². The molecule has 1 aromatic carbocycles. The van der Waals surface area contributed by atoms with Crippen molar-refractivity contribution in [2.24, 2.45) is 11.7 Å². The zero-order chi connectivity index (χ0) is 16.5. The number of ether oxygens (including phenoxy) is 1. The summed E-state index contributed by atoms with van der Waals surface area (Å²) in [5, 5.41) is 9.26. The monoisotopic (exact) mass is 311 g/mol. The lowest BCUT2D eigenvalue weighted by Gasteiger charge is -2.15. The molecule has 0 aliphatic rings. The first kappa shape index (κ1) is 18.1. The van der Waals surface area contributed by atoms with Crippen LogP contribution in [0.3, 0.4) is 0 Å². The Morgan fingerprint density at radius 3 is 2.41 bits per heavy atom. The van der Waals surface area contributed by atoms with Crippen LogP contribution in [-0.4, -0.2) is 36.2 Å². The molecule has 1 rings (SSSR count). The van der Waals surface area contributed by atoms with Crippen molar-refractivity contribution in [3.8, 4) is 5.75 Å². The third-order valence-corrected chi connectivity index (χ3v) is 3.45. The van der Waals surface area contributed by atoms with Crippen LogP contribution in [0.15, 0.2) is 24.3 Å². The van der Waals surface area contributed by atoms with Gasteiger partial charge in [-0.05, 0) is 43.9 Å². The van der Waals surface area contributed by atoms with Gasteiger partial charge in [0.05, 0.1) is 12.0 Å². The molecule has 0 saturated carbocycles. The minimum Gasteiger partial charge on any atom is -0.491 e. The zero-order valence-corrected chi connectivity index (χ0v) is 12.6. The van der Waals surface area contributed by atoms with Crippen LogP contribution in [-0.2, 0) is 16.0 Å². The van der Waals surface area contributed by atoms with Crippen LogP contribution in [0.1, 0.15) is 25.3 Å². The van der Waals surface area contributed by atoms with Gasteiger partial charge in [0.2, 0.25) is 0 Å². The van der Waals surface area contributed by atoms with Crippen molar-refractivity contribution in [1.82, 2.24) is 0 Å². The largest absolute Gasteiger partial charge is 0.491 e. The van der Waals surface area contributed by atoms with Crippen molar-refractivity contribution in [3.05, 3.63) is 29.8 Å². The molecular weight excluding hydrogens is 289 g/mol. The molecule has 0 saturated heterocycles. The molecule has 0 amide bonds. The van der Waals surface area contributed by atoms with Crippen LogP contribution in [0.5, 0.6) is 5.75 Å².